The SMILES string of the molecule is CC(C)C(C)C(O)CCCC(F)(F)F. The van der Waals surface area contributed by atoms with E-state index in [0.717, 1.165) is 0 Å². The summed E-state index contributed by atoms with van der Waals surface area (Å²) in [5.74, 6) is 0.360. The van der Waals surface area contributed by atoms with E-state index < -0.39 is 18.7 Å². The zero-order valence-corrected chi connectivity index (χ0v) is 8.93. The molecule has 2 unspecified atom stereocenters. The van der Waals surface area contributed by atoms with Gasteiger partial charge in [-0.25, -0.2) is 0 Å². The van der Waals surface area contributed by atoms with Gasteiger partial charge in [0.15, 0.2) is 0 Å². The number of aliphatic hydroxyl groups excluding tert-OH is 1. The Balaban J connectivity index is 3.69. The number of rotatable bonds is 5. The summed E-state index contributed by atoms with van der Waals surface area (Å²) in [4.78, 5) is 0. The molecule has 1 nitrogen and oxygen atoms in total. The molecule has 0 aromatic heterocycles. The molecule has 0 saturated heterocycles. The van der Waals surface area contributed by atoms with Gasteiger partial charge in [-0.05, 0) is 24.7 Å². The van der Waals surface area contributed by atoms with Gasteiger partial charge >= 0.3 is 6.18 Å². The third-order valence-corrected chi connectivity index (χ3v) is 2.62. The molecule has 0 amide bonds. The van der Waals surface area contributed by atoms with Crippen LogP contribution < -0.4 is 0 Å². The van der Waals surface area contributed by atoms with Crippen LogP contribution in [0.4, 0.5) is 13.2 Å². The van der Waals surface area contributed by atoms with Gasteiger partial charge in [0.05, 0.1) is 6.10 Å². The Labute approximate surface area is 83.3 Å². The van der Waals surface area contributed by atoms with Crippen molar-refractivity contribution in [3.8, 4) is 0 Å². The molecule has 0 bridgehead atoms. The second-order valence-electron chi connectivity index (χ2n) is 4.18. The quantitative estimate of drug-likeness (QED) is 0.740. The lowest BCUT2D eigenvalue weighted by Gasteiger charge is -2.22. The highest BCUT2D eigenvalue weighted by Crippen LogP contribution is 2.25. The lowest BCUT2D eigenvalue weighted by molar-refractivity contribution is -0.136. The van der Waals surface area contributed by atoms with Crippen LogP contribution in [0, 0.1) is 11.8 Å². The molecule has 1 N–H and O–H groups in total. The first-order valence-corrected chi connectivity index (χ1v) is 4.99. The second kappa shape index (κ2) is 5.59. The van der Waals surface area contributed by atoms with E-state index in [9.17, 15) is 18.3 Å². The van der Waals surface area contributed by atoms with Crippen molar-refractivity contribution >= 4 is 0 Å². The van der Waals surface area contributed by atoms with Crippen molar-refractivity contribution in [3.63, 3.8) is 0 Å². The van der Waals surface area contributed by atoms with Gasteiger partial charge in [0.1, 0.15) is 0 Å². The van der Waals surface area contributed by atoms with Crippen LogP contribution in [-0.4, -0.2) is 17.4 Å². The van der Waals surface area contributed by atoms with Crippen LogP contribution >= 0.6 is 0 Å². The molecule has 0 rings (SSSR count). The summed E-state index contributed by atoms with van der Waals surface area (Å²) < 4.78 is 35.4. The van der Waals surface area contributed by atoms with Gasteiger partial charge in [-0.1, -0.05) is 20.8 Å². The lowest BCUT2D eigenvalue weighted by Crippen LogP contribution is -2.22. The highest BCUT2D eigenvalue weighted by molar-refractivity contribution is 4.68. The molecule has 0 aliphatic heterocycles. The van der Waals surface area contributed by atoms with E-state index in [1.807, 2.05) is 20.8 Å². The lowest BCUT2D eigenvalue weighted by atomic mass is 9.89. The van der Waals surface area contributed by atoms with Crippen LogP contribution in [0.25, 0.3) is 0 Å². The highest BCUT2D eigenvalue weighted by Gasteiger charge is 2.27. The largest absolute Gasteiger partial charge is 0.393 e. The fourth-order valence-electron chi connectivity index (χ4n) is 1.22. The zero-order valence-electron chi connectivity index (χ0n) is 8.93. The first-order chi connectivity index (χ1) is 6.24. The van der Waals surface area contributed by atoms with Crippen molar-refractivity contribution < 1.29 is 18.3 Å². The van der Waals surface area contributed by atoms with Crippen LogP contribution in [-0.2, 0) is 0 Å². The average Bonchev–Trinajstić information content (AvgIpc) is 2.00. The minimum atomic E-state index is -4.10. The van der Waals surface area contributed by atoms with E-state index in [2.05, 4.69) is 0 Å². The Bertz CT molecular complexity index is 154. The molecular weight excluding hydrogens is 193 g/mol. The maximum Gasteiger partial charge on any atom is 0.389 e. The Morgan fingerprint density at radius 1 is 1.14 bits per heavy atom. The van der Waals surface area contributed by atoms with Crippen molar-refractivity contribution in [3.05, 3.63) is 0 Å². The molecule has 0 aliphatic rings. The molecule has 0 saturated carbocycles. The summed E-state index contributed by atoms with van der Waals surface area (Å²) >= 11 is 0. The van der Waals surface area contributed by atoms with Gasteiger partial charge < -0.3 is 5.11 Å². The maximum atomic E-state index is 11.8. The minimum Gasteiger partial charge on any atom is -0.393 e. The van der Waals surface area contributed by atoms with Gasteiger partial charge in [0, 0.05) is 6.42 Å². The second-order valence-corrected chi connectivity index (χ2v) is 4.18. The predicted octanol–water partition coefficient (Wildman–Crippen LogP) is 3.37. The number of alkyl halides is 3. The van der Waals surface area contributed by atoms with Crippen molar-refractivity contribution in [2.75, 3.05) is 0 Å². The molecule has 0 aromatic carbocycles. The fraction of sp³-hybridized carbons (Fsp3) is 1.00. The molecule has 14 heavy (non-hydrogen) atoms. The Hall–Kier alpha value is -0.250. The summed E-state index contributed by atoms with van der Waals surface area (Å²) in [7, 11) is 0. The van der Waals surface area contributed by atoms with Crippen molar-refractivity contribution in [1.82, 2.24) is 0 Å². The van der Waals surface area contributed by atoms with Crippen LogP contribution in [0.15, 0.2) is 0 Å². The zero-order chi connectivity index (χ0) is 11.4. The Kier molecular flexibility index (Phi) is 5.49. The van der Waals surface area contributed by atoms with E-state index >= 15 is 0 Å². The summed E-state index contributed by atoms with van der Waals surface area (Å²) in [6.07, 6.45) is -5.26. The molecule has 2 atom stereocenters. The smallest absolute Gasteiger partial charge is 0.389 e. The number of hydrogen-bond donors (Lipinski definition) is 1. The van der Waals surface area contributed by atoms with E-state index in [0.29, 0.717) is 5.92 Å². The van der Waals surface area contributed by atoms with E-state index in [1.165, 1.54) is 0 Å². The normalized spacial score (nSPS) is 17.1. The summed E-state index contributed by atoms with van der Waals surface area (Å²) in [5, 5.41) is 9.52. The average molecular weight is 212 g/mol. The minimum absolute atomic E-state index is 0.0156. The van der Waals surface area contributed by atoms with E-state index in [1.54, 1.807) is 0 Å². The number of aliphatic hydroxyl groups is 1. The Morgan fingerprint density at radius 3 is 2.00 bits per heavy atom. The number of halogens is 3. The summed E-state index contributed by atoms with van der Waals surface area (Å²) in [5.41, 5.74) is 0. The van der Waals surface area contributed by atoms with Crippen molar-refractivity contribution in [2.24, 2.45) is 11.8 Å². The van der Waals surface area contributed by atoms with E-state index in [-0.39, 0.29) is 18.8 Å². The topological polar surface area (TPSA) is 20.2 Å². The molecule has 86 valence electrons. The molecule has 0 fully saturated rings. The van der Waals surface area contributed by atoms with Gasteiger partial charge in [-0.2, -0.15) is 13.2 Å². The van der Waals surface area contributed by atoms with Crippen molar-refractivity contribution in [2.45, 2.75) is 52.3 Å². The monoisotopic (exact) mass is 212 g/mol. The maximum absolute atomic E-state index is 11.8. The summed E-state index contributed by atoms with van der Waals surface area (Å²) in [6.45, 7) is 5.78. The third kappa shape index (κ3) is 6.24. The van der Waals surface area contributed by atoms with Gasteiger partial charge in [-0.15, -0.1) is 0 Å². The predicted molar refractivity (Wildman–Crippen MR) is 49.9 cm³/mol. The molecule has 0 aliphatic carbocycles. The molecule has 0 radical (unpaired) electrons. The first kappa shape index (κ1) is 13.8. The highest BCUT2D eigenvalue weighted by atomic mass is 19.4. The van der Waals surface area contributed by atoms with Crippen molar-refractivity contribution in [1.29, 1.82) is 0 Å². The number of hydrogen-bond acceptors (Lipinski definition) is 1. The molecule has 0 aromatic rings. The standard InChI is InChI=1S/C10H19F3O/c1-7(2)8(3)9(14)5-4-6-10(11,12)13/h7-9,14H,4-6H2,1-3H3. The van der Waals surface area contributed by atoms with Crippen LogP contribution in [0.3, 0.4) is 0 Å². The van der Waals surface area contributed by atoms with Gasteiger partial charge in [-0.3, -0.25) is 0 Å². The molecular formula is C10H19F3O. The fourth-order valence-corrected chi connectivity index (χ4v) is 1.22. The van der Waals surface area contributed by atoms with Crippen LogP contribution in [0.1, 0.15) is 40.0 Å². The van der Waals surface area contributed by atoms with Crippen LogP contribution in [0.5, 0.6) is 0 Å². The third-order valence-electron chi connectivity index (χ3n) is 2.62. The molecule has 0 spiro atoms. The van der Waals surface area contributed by atoms with Crippen LogP contribution in [0.2, 0.25) is 0 Å². The first-order valence-electron chi connectivity index (χ1n) is 4.99. The van der Waals surface area contributed by atoms with Gasteiger partial charge in [0.25, 0.3) is 0 Å². The van der Waals surface area contributed by atoms with Gasteiger partial charge in [0.2, 0.25) is 0 Å². The Morgan fingerprint density at radius 2 is 1.64 bits per heavy atom. The summed E-state index contributed by atoms with van der Waals surface area (Å²) in [6, 6.07) is 0. The van der Waals surface area contributed by atoms with E-state index in [4.69, 9.17) is 0 Å². The molecule has 4 heteroatoms. The molecule has 0 heterocycles.